The van der Waals surface area contributed by atoms with Gasteiger partial charge >= 0.3 is 0 Å². The van der Waals surface area contributed by atoms with E-state index in [1.165, 1.54) is 19.3 Å². The zero-order valence-corrected chi connectivity index (χ0v) is 23.5. The maximum absolute atomic E-state index is 12.4. The smallest absolute Gasteiger partial charge is 0.260 e. The number of nitrogens with one attached hydrogen (secondary N) is 2. The fourth-order valence-corrected chi connectivity index (χ4v) is 3.15. The number of rotatable bonds is 12. The number of hydrogen-bond donors (Lipinski definition) is 2. The molecule has 0 atom stereocenters. The summed E-state index contributed by atoms with van der Waals surface area (Å²) in [5, 5.41) is 5.59. The van der Waals surface area contributed by atoms with Crippen molar-refractivity contribution in [1.29, 1.82) is 0 Å². The van der Waals surface area contributed by atoms with Gasteiger partial charge in [-0.1, -0.05) is 99.6 Å². The average Bonchev–Trinajstić information content (AvgIpc) is 3.01. The highest BCUT2D eigenvalue weighted by Gasteiger charge is 2.22. The highest BCUT2D eigenvalue weighted by Crippen LogP contribution is 2.21. The van der Waals surface area contributed by atoms with Gasteiger partial charge in [0.2, 0.25) is 0 Å². The number of ether oxygens (including phenoxy) is 1. The molecule has 0 aliphatic carbocycles. The molecule has 0 fully saturated rings. The zero-order chi connectivity index (χ0) is 26.4. The van der Waals surface area contributed by atoms with Gasteiger partial charge in [-0.3, -0.25) is 9.59 Å². The van der Waals surface area contributed by atoms with Crippen LogP contribution in [-0.2, 0) is 14.3 Å². The Morgan fingerprint density at radius 1 is 1.12 bits per heavy atom. The summed E-state index contributed by atoms with van der Waals surface area (Å²) in [6.45, 7) is 17.4. The fourth-order valence-electron chi connectivity index (χ4n) is 3.15. The predicted octanol–water partition coefficient (Wildman–Crippen LogP) is 7.37. The van der Waals surface area contributed by atoms with E-state index in [2.05, 4.69) is 52.2 Å². The van der Waals surface area contributed by atoms with E-state index < -0.39 is 0 Å². The molecule has 0 saturated carbocycles. The second-order valence-corrected chi connectivity index (χ2v) is 8.90. The Morgan fingerprint density at radius 3 is 2.26 bits per heavy atom. The van der Waals surface area contributed by atoms with Crippen molar-refractivity contribution in [2.45, 2.75) is 107 Å². The molecule has 1 rings (SSSR count). The van der Waals surface area contributed by atoms with Crippen molar-refractivity contribution >= 4 is 11.8 Å². The minimum atomic E-state index is -0.377. The molecule has 196 valence electrons. The van der Waals surface area contributed by atoms with Crippen LogP contribution >= 0.6 is 0 Å². The lowest BCUT2D eigenvalue weighted by atomic mass is 9.88. The first kappa shape index (κ1) is 33.9. The fraction of sp³-hybridized carbons (Fsp3) is 0.655. The minimum absolute atomic E-state index is 0.0136. The monoisotopic (exact) mass is 476 g/mol. The summed E-state index contributed by atoms with van der Waals surface area (Å²) in [7, 11) is 1.64. The third-order valence-corrected chi connectivity index (χ3v) is 5.11. The third-order valence-electron chi connectivity index (χ3n) is 5.11. The van der Waals surface area contributed by atoms with Crippen LogP contribution in [-0.4, -0.2) is 25.5 Å². The summed E-state index contributed by atoms with van der Waals surface area (Å²) in [5.41, 5.74) is 1.08. The van der Waals surface area contributed by atoms with Crippen molar-refractivity contribution < 1.29 is 14.3 Å². The van der Waals surface area contributed by atoms with Crippen LogP contribution in [0, 0.1) is 5.41 Å². The van der Waals surface area contributed by atoms with E-state index in [0.29, 0.717) is 13.0 Å². The molecule has 1 heterocycles. The van der Waals surface area contributed by atoms with Gasteiger partial charge in [0, 0.05) is 12.7 Å². The van der Waals surface area contributed by atoms with Gasteiger partial charge in [0.05, 0.1) is 7.11 Å². The average molecular weight is 477 g/mol. The summed E-state index contributed by atoms with van der Waals surface area (Å²) >= 11 is 0. The van der Waals surface area contributed by atoms with Crippen LogP contribution in [0.5, 0.6) is 0 Å². The Balaban J connectivity index is 0. The molecule has 0 bridgehead atoms. The highest BCUT2D eigenvalue weighted by molar-refractivity contribution is 6.18. The molecule has 1 aliphatic heterocycles. The molecule has 0 aromatic rings. The number of methoxy groups -OCH3 is 1. The maximum atomic E-state index is 12.4. The zero-order valence-electron chi connectivity index (χ0n) is 23.5. The lowest BCUT2D eigenvalue weighted by Crippen LogP contribution is -2.38. The molecule has 0 radical (unpaired) electrons. The van der Waals surface area contributed by atoms with Crippen LogP contribution < -0.4 is 10.6 Å². The molecule has 2 N–H and O–H groups in total. The van der Waals surface area contributed by atoms with Gasteiger partial charge in [0.1, 0.15) is 11.3 Å². The topological polar surface area (TPSA) is 67.4 Å². The highest BCUT2D eigenvalue weighted by atomic mass is 16.5. The van der Waals surface area contributed by atoms with E-state index in [1.54, 1.807) is 19.4 Å². The van der Waals surface area contributed by atoms with Gasteiger partial charge in [0.25, 0.3) is 11.8 Å². The van der Waals surface area contributed by atoms with E-state index in [4.69, 9.17) is 4.74 Å². The molecule has 5 heteroatoms. The van der Waals surface area contributed by atoms with E-state index in [-0.39, 0.29) is 22.8 Å². The van der Waals surface area contributed by atoms with Crippen molar-refractivity contribution in [3.8, 4) is 0 Å². The lowest BCUT2D eigenvalue weighted by Gasteiger charge is -2.24. The Kier molecular flexibility index (Phi) is 21.2. The molecule has 0 saturated heterocycles. The maximum Gasteiger partial charge on any atom is 0.260 e. The molecule has 0 unspecified atom stereocenters. The number of carbonyl (C=O) groups excluding carboxylic acids is 2. The van der Waals surface area contributed by atoms with Crippen LogP contribution in [0.25, 0.3) is 0 Å². The summed E-state index contributed by atoms with van der Waals surface area (Å²) in [6, 6.07) is 0. The molecule has 2 amide bonds. The van der Waals surface area contributed by atoms with Crippen LogP contribution in [0.1, 0.15) is 107 Å². The van der Waals surface area contributed by atoms with E-state index >= 15 is 0 Å². The summed E-state index contributed by atoms with van der Waals surface area (Å²) in [6.07, 6.45) is 17.8. The number of hydrogen-bond acceptors (Lipinski definition) is 3. The predicted molar refractivity (Wildman–Crippen MR) is 146 cm³/mol. The summed E-state index contributed by atoms with van der Waals surface area (Å²) in [5.74, 6) is 0.0850. The van der Waals surface area contributed by atoms with Crippen LogP contribution in [0.3, 0.4) is 0 Å². The van der Waals surface area contributed by atoms with Crippen molar-refractivity contribution in [2.75, 3.05) is 13.7 Å². The number of allylic oxidation sites excluding steroid dienone is 5. The van der Waals surface area contributed by atoms with E-state index in [9.17, 15) is 9.59 Å². The normalized spacial score (nSPS) is 13.9. The lowest BCUT2D eigenvalue weighted by molar-refractivity contribution is -0.123. The number of carbonyl (C=O) groups is 2. The first-order valence-corrected chi connectivity index (χ1v) is 13.1. The van der Waals surface area contributed by atoms with Crippen LogP contribution in [0.2, 0.25) is 0 Å². The Labute approximate surface area is 210 Å². The third kappa shape index (κ3) is 16.3. The molecule has 34 heavy (non-hydrogen) atoms. The van der Waals surface area contributed by atoms with Crippen molar-refractivity contribution in [1.82, 2.24) is 10.6 Å². The molecular weight excluding hydrogens is 424 g/mol. The van der Waals surface area contributed by atoms with Gasteiger partial charge < -0.3 is 15.4 Å². The van der Waals surface area contributed by atoms with Gasteiger partial charge in [-0.25, -0.2) is 0 Å². The quantitative estimate of drug-likeness (QED) is 0.175. The van der Waals surface area contributed by atoms with Crippen LogP contribution in [0.15, 0.2) is 47.4 Å². The van der Waals surface area contributed by atoms with Gasteiger partial charge in [-0.15, -0.1) is 0 Å². The minimum Gasteiger partial charge on any atom is -0.497 e. The second kappa shape index (κ2) is 21.2. The first-order valence-electron chi connectivity index (χ1n) is 13.1. The molecular formula is C29H52N2O3. The number of amides is 2. The van der Waals surface area contributed by atoms with E-state index in [1.807, 2.05) is 32.1 Å². The molecule has 1 aliphatic rings. The first-order chi connectivity index (χ1) is 16.2. The van der Waals surface area contributed by atoms with Crippen molar-refractivity contribution in [3.05, 3.63) is 47.4 Å². The summed E-state index contributed by atoms with van der Waals surface area (Å²) < 4.78 is 5.32. The Bertz CT molecular complexity index is 683. The number of unbranched alkanes of at least 4 members (excludes halogenated alkanes) is 3. The van der Waals surface area contributed by atoms with Crippen molar-refractivity contribution in [2.24, 2.45) is 5.41 Å². The second-order valence-electron chi connectivity index (χ2n) is 8.90. The standard InChI is InChI=1S/C22H34N2O3.C5H12.C2H6/c1-6-8-9-18(27-5)12-10-17-11-13-19(20(25)23-15-17)21(26)24-16-22(3,4)14-7-2;1-3-5-4-2;1-2/h9-10,12-13,15H,6-8,11,14,16H2,1-5H3,(H,23,25)(H,24,26);3-5H2,1-2H3;1-2H3/b12-10-,18-9-;;. The van der Waals surface area contributed by atoms with Crippen LogP contribution in [0.4, 0.5) is 0 Å². The Hall–Kier alpha value is -2.30. The van der Waals surface area contributed by atoms with E-state index in [0.717, 1.165) is 37.0 Å². The molecule has 0 aromatic carbocycles. The van der Waals surface area contributed by atoms with Gasteiger partial charge in [-0.2, -0.15) is 0 Å². The summed E-state index contributed by atoms with van der Waals surface area (Å²) in [4.78, 5) is 24.7. The Morgan fingerprint density at radius 2 is 1.76 bits per heavy atom. The largest absolute Gasteiger partial charge is 0.497 e. The molecule has 5 nitrogen and oxygen atoms in total. The molecule has 0 spiro atoms. The SMILES string of the molecule is CC.CCC/C=C(/C=C\C1=CNC(=O)C(C(=O)NCC(C)(C)CCC)=CC1)OC.CCCCC. The van der Waals surface area contributed by atoms with Gasteiger partial charge in [0.15, 0.2) is 0 Å². The molecule has 0 aromatic heterocycles. The van der Waals surface area contributed by atoms with Crippen molar-refractivity contribution in [3.63, 3.8) is 0 Å². The van der Waals surface area contributed by atoms with Gasteiger partial charge in [-0.05, 0) is 42.4 Å².